The third kappa shape index (κ3) is 7.62. The molecule has 1 unspecified atom stereocenters. The molecule has 0 aromatic carbocycles. The fourth-order valence-corrected chi connectivity index (χ4v) is 21.4. The minimum absolute atomic E-state index is 0.172. The van der Waals surface area contributed by atoms with Crippen molar-refractivity contribution >= 4 is 24.3 Å². The molecule has 0 radical (unpaired) electrons. The van der Waals surface area contributed by atoms with Gasteiger partial charge in [0.15, 0.2) is 0 Å². The Kier molecular flexibility index (Phi) is 12.1. The van der Waals surface area contributed by atoms with Gasteiger partial charge in [-0.3, -0.25) is 0 Å². The fraction of sp³-hybridized carbons (Fsp3) is 0.857. The van der Waals surface area contributed by atoms with Crippen molar-refractivity contribution in [1.29, 1.82) is 0 Å². The predicted octanol–water partition coefficient (Wildman–Crippen LogP) is 6.04. The summed E-state index contributed by atoms with van der Waals surface area (Å²) in [6.07, 6.45) is 13.2. The van der Waals surface area contributed by atoms with Crippen LogP contribution in [-0.4, -0.2) is 44.2 Å². The molecule has 3 nitrogen and oxygen atoms in total. The SMILES string of the molecule is CCC[CH2][Sn]([CH2]CCC)([CH2]CCC)/[C](=C/C(=O)OC)C1CCCCO1. The number of rotatable bonds is 12. The zero-order valence-corrected chi connectivity index (χ0v) is 19.9. The van der Waals surface area contributed by atoms with E-state index in [1.807, 2.05) is 6.08 Å². The summed E-state index contributed by atoms with van der Waals surface area (Å²) in [4.78, 5) is 12.2. The van der Waals surface area contributed by atoms with Crippen LogP contribution in [-0.2, 0) is 14.3 Å². The van der Waals surface area contributed by atoms with E-state index in [4.69, 9.17) is 9.47 Å². The molecule has 1 atom stereocenters. The Morgan fingerprint density at radius 1 is 1.04 bits per heavy atom. The van der Waals surface area contributed by atoms with Gasteiger partial charge in [-0.1, -0.05) is 0 Å². The van der Waals surface area contributed by atoms with Crippen LogP contribution in [0.3, 0.4) is 0 Å². The molecule has 0 saturated carbocycles. The molecule has 1 fully saturated rings. The molecule has 0 aromatic rings. The van der Waals surface area contributed by atoms with Crippen molar-refractivity contribution in [3.8, 4) is 0 Å². The van der Waals surface area contributed by atoms with Gasteiger partial charge in [-0.25, -0.2) is 0 Å². The molecule has 1 rings (SSSR count). The first-order valence-corrected chi connectivity index (χ1v) is 18.0. The third-order valence-electron chi connectivity index (χ3n) is 5.64. The second-order valence-electron chi connectivity index (χ2n) is 7.57. The number of carbonyl (C=O) groups excluding carboxylic acids is 1. The Balaban J connectivity index is 3.24. The van der Waals surface area contributed by atoms with Gasteiger partial charge in [0.2, 0.25) is 0 Å². The summed E-state index contributed by atoms with van der Waals surface area (Å²) in [5.41, 5.74) is 0. The molecule has 4 heteroatoms. The van der Waals surface area contributed by atoms with E-state index >= 15 is 0 Å². The standard InChI is InChI=1S/C9H13O3.3C4H9.Sn/c1-11-9(10)6-5-8-4-2-3-7-12-8;3*1-3-4-2;/h6,8H,2-4,7H2,1H3;3*1,3-4H2,2H3;. The van der Waals surface area contributed by atoms with Crippen molar-refractivity contribution in [1.82, 2.24) is 0 Å². The summed E-state index contributed by atoms with van der Waals surface area (Å²) in [7, 11) is 1.50. The molecule has 0 spiro atoms. The first-order valence-electron chi connectivity index (χ1n) is 10.5. The van der Waals surface area contributed by atoms with Crippen LogP contribution < -0.4 is 0 Å². The van der Waals surface area contributed by atoms with Crippen LogP contribution in [0.2, 0.25) is 13.3 Å². The summed E-state index contributed by atoms with van der Waals surface area (Å²) in [6, 6.07) is 0. The van der Waals surface area contributed by atoms with E-state index in [0.717, 1.165) is 19.4 Å². The number of methoxy groups -OCH3 is 1. The van der Waals surface area contributed by atoms with Crippen molar-refractivity contribution in [2.45, 2.75) is 98.0 Å². The van der Waals surface area contributed by atoms with Gasteiger partial charge < -0.3 is 0 Å². The van der Waals surface area contributed by atoms with E-state index in [0.29, 0.717) is 0 Å². The van der Waals surface area contributed by atoms with Gasteiger partial charge in [-0.15, -0.1) is 0 Å². The molecule has 0 bridgehead atoms. The molecule has 0 amide bonds. The number of hydrogen-bond donors (Lipinski definition) is 0. The Hall–Kier alpha value is -0.0313. The van der Waals surface area contributed by atoms with Gasteiger partial charge in [-0.2, -0.15) is 0 Å². The van der Waals surface area contributed by atoms with Gasteiger partial charge in [-0.05, 0) is 0 Å². The summed E-state index contributed by atoms with van der Waals surface area (Å²) in [5, 5.41) is 0. The van der Waals surface area contributed by atoms with Crippen molar-refractivity contribution < 1.29 is 14.3 Å². The normalized spacial score (nSPS) is 19.0. The second-order valence-corrected chi connectivity index (χ2v) is 20.8. The Morgan fingerprint density at radius 3 is 2.00 bits per heavy atom. The average molecular weight is 459 g/mol. The van der Waals surface area contributed by atoms with Crippen LogP contribution in [0.1, 0.15) is 78.6 Å². The molecule has 0 N–H and O–H groups in total. The van der Waals surface area contributed by atoms with Crippen LogP contribution in [0.25, 0.3) is 0 Å². The topological polar surface area (TPSA) is 35.5 Å². The number of esters is 1. The number of unbranched alkanes of at least 4 members (excludes halogenated alkanes) is 3. The molecular formula is C21H40O3Sn. The van der Waals surface area contributed by atoms with Gasteiger partial charge in [0.25, 0.3) is 0 Å². The molecular weight excluding hydrogens is 419 g/mol. The van der Waals surface area contributed by atoms with Gasteiger partial charge in [0, 0.05) is 0 Å². The molecule has 25 heavy (non-hydrogen) atoms. The second kappa shape index (κ2) is 13.2. The Labute approximate surface area is 159 Å². The zero-order chi connectivity index (χ0) is 18.5. The number of carbonyl (C=O) groups is 1. The summed E-state index contributed by atoms with van der Waals surface area (Å²) in [5.74, 6) is -0.172. The summed E-state index contributed by atoms with van der Waals surface area (Å²) < 4.78 is 16.8. The predicted molar refractivity (Wildman–Crippen MR) is 109 cm³/mol. The van der Waals surface area contributed by atoms with Crippen molar-refractivity contribution in [2.24, 2.45) is 0 Å². The van der Waals surface area contributed by atoms with Crippen LogP contribution in [0.15, 0.2) is 9.67 Å². The maximum absolute atomic E-state index is 12.2. The quantitative estimate of drug-likeness (QED) is 0.203. The van der Waals surface area contributed by atoms with E-state index in [1.165, 1.54) is 69.0 Å². The van der Waals surface area contributed by atoms with E-state index in [-0.39, 0.29) is 12.1 Å². The molecule has 0 aliphatic carbocycles. The van der Waals surface area contributed by atoms with Crippen molar-refractivity contribution in [2.75, 3.05) is 13.7 Å². The van der Waals surface area contributed by atoms with E-state index in [1.54, 1.807) is 0 Å². The number of hydrogen-bond acceptors (Lipinski definition) is 3. The summed E-state index contributed by atoms with van der Waals surface area (Å²) >= 11 is -2.65. The van der Waals surface area contributed by atoms with Gasteiger partial charge >= 0.3 is 160 Å². The van der Waals surface area contributed by atoms with Gasteiger partial charge in [0.05, 0.1) is 0 Å². The molecule has 146 valence electrons. The van der Waals surface area contributed by atoms with E-state index in [2.05, 4.69) is 20.8 Å². The molecule has 1 aliphatic heterocycles. The maximum atomic E-state index is 12.2. The van der Waals surface area contributed by atoms with Gasteiger partial charge in [0.1, 0.15) is 0 Å². The van der Waals surface area contributed by atoms with Crippen molar-refractivity contribution in [3.63, 3.8) is 0 Å². The Morgan fingerprint density at radius 2 is 1.60 bits per heavy atom. The summed E-state index contributed by atoms with van der Waals surface area (Å²) in [6.45, 7) is 7.71. The van der Waals surface area contributed by atoms with E-state index < -0.39 is 18.4 Å². The molecule has 1 heterocycles. The van der Waals surface area contributed by atoms with Crippen LogP contribution in [0.4, 0.5) is 0 Å². The third-order valence-corrected chi connectivity index (χ3v) is 21.7. The number of ether oxygens (including phenoxy) is 2. The van der Waals surface area contributed by atoms with Crippen LogP contribution in [0.5, 0.6) is 0 Å². The average Bonchev–Trinajstić information content (AvgIpc) is 2.66. The minimum atomic E-state index is -2.65. The van der Waals surface area contributed by atoms with E-state index in [9.17, 15) is 4.79 Å². The van der Waals surface area contributed by atoms with Crippen LogP contribution in [0, 0.1) is 0 Å². The monoisotopic (exact) mass is 460 g/mol. The fourth-order valence-electron chi connectivity index (χ4n) is 4.11. The Bertz CT molecular complexity index is 378. The van der Waals surface area contributed by atoms with Crippen LogP contribution >= 0.6 is 0 Å². The zero-order valence-electron chi connectivity index (χ0n) is 17.1. The molecule has 1 saturated heterocycles. The molecule has 1 aliphatic rings. The first kappa shape index (κ1) is 23.0. The van der Waals surface area contributed by atoms with Crippen molar-refractivity contribution in [3.05, 3.63) is 9.67 Å². The first-order chi connectivity index (χ1) is 12.1. The molecule has 0 aromatic heterocycles.